The molecule has 0 unspecified atom stereocenters. The molecule has 0 radical (unpaired) electrons. The van der Waals surface area contributed by atoms with Gasteiger partial charge in [-0.1, -0.05) is 18.2 Å². The molecule has 3 N–H and O–H groups in total. The summed E-state index contributed by atoms with van der Waals surface area (Å²) in [6, 6.07) is 3.21. The van der Waals surface area contributed by atoms with Gasteiger partial charge < -0.3 is 15.5 Å². The summed E-state index contributed by atoms with van der Waals surface area (Å²) in [6.45, 7) is 1.66. The highest BCUT2D eigenvalue weighted by Crippen LogP contribution is 2.32. The number of hydrogen-bond acceptors (Lipinski definition) is 3. The van der Waals surface area contributed by atoms with Crippen molar-refractivity contribution in [3.63, 3.8) is 0 Å². The second kappa shape index (κ2) is 4.49. The molecule has 1 aliphatic rings. The third kappa shape index (κ3) is 2.25. The van der Waals surface area contributed by atoms with E-state index in [1.807, 2.05) is 12.2 Å². The van der Waals surface area contributed by atoms with E-state index < -0.39 is 0 Å². The standard InChI is InChI=1S/C13H15NO3/c1-8-6-7-10(12(16)11(8)15)13(17)14-9-4-2-3-5-9/h2-3,6-7,9,15-16H,4-5H2,1H3,(H,14,17). The number of benzene rings is 1. The number of phenolic OH excluding ortho intramolecular Hbond substituents is 2. The van der Waals surface area contributed by atoms with Crippen molar-refractivity contribution in [2.75, 3.05) is 0 Å². The van der Waals surface area contributed by atoms with E-state index in [9.17, 15) is 15.0 Å². The normalized spacial score (nSPS) is 15.1. The first-order valence-electron chi connectivity index (χ1n) is 5.57. The number of aryl methyl sites for hydroxylation is 1. The van der Waals surface area contributed by atoms with Gasteiger partial charge in [-0.2, -0.15) is 0 Å². The number of carbonyl (C=O) groups is 1. The van der Waals surface area contributed by atoms with Gasteiger partial charge in [0.05, 0.1) is 5.56 Å². The summed E-state index contributed by atoms with van der Waals surface area (Å²) in [7, 11) is 0. The van der Waals surface area contributed by atoms with Crippen LogP contribution in [0.3, 0.4) is 0 Å². The van der Waals surface area contributed by atoms with Gasteiger partial charge in [0.15, 0.2) is 11.5 Å². The maximum absolute atomic E-state index is 11.9. The van der Waals surface area contributed by atoms with Crippen molar-refractivity contribution in [1.29, 1.82) is 0 Å². The second-order valence-corrected chi connectivity index (χ2v) is 4.24. The third-order valence-corrected chi connectivity index (χ3v) is 2.94. The minimum atomic E-state index is -0.355. The minimum absolute atomic E-state index is 0.0883. The molecule has 0 saturated carbocycles. The quantitative estimate of drug-likeness (QED) is 0.539. The lowest BCUT2D eigenvalue weighted by molar-refractivity contribution is 0.0935. The number of amides is 1. The van der Waals surface area contributed by atoms with Crippen LogP contribution in [0.4, 0.5) is 0 Å². The van der Waals surface area contributed by atoms with Crippen LogP contribution in [0.5, 0.6) is 11.5 Å². The summed E-state index contributed by atoms with van der Waals surface area (Å²) in [6.07, 6.45) is 5.64. The molecule has 1 aliphatic carbocycles. The van der Waals surface area contributed by atoms with E-state index in [0.29, 0.717) is 5.56 Å². The monoisotopic (exact) mass is 233 g/mol. The Labute approximate surface area is 99.6 Å². The molecule has 1 aromatic rings. The van der Waals surface area contributed by atoms with Crippen molar-refractivity contribution >= 4 is 5.91 Å². The Bertz CT molecular complexity index is 472. The molecule has 1 amide bonds. The molecular weight excluding hydrogens is 218 g/mol. The van der Waals surface area contributed by atoms with Crippen molar-refractivity contribution in [2.45, 2.75) is 25.8 Å². The van der Waals surface area contributed by atoms with Crippen LogP contribution in [-0.4, -0.2) is 22.2 Å². The third-order valence-electron chi connectivity index (χ3n) is 2.94. The van der Waals surface area contributed by atoms with Gasteiger partial charge >= 0.3 is 0 Å². The average molecular weight is 233 g/mol. The van der Waals surface area contributed by atoms with Crippen LogP contribution < -0.4 is 5.32 Å². The van der Waals surface area contributed by atoms with Gasteiger partial charge in [0.25, 0.3) is 5.91 Å². The average Bonchev–Trinajstić information content (AvgIpc) is 2.78. The van der Waals surface area contributed by atoms with Crippen LogP contribution in [0, 0.1) is 6.92 Å². The van der Waals surface area contributed by atoms with Gasteiger partial charge in [0.2, 0.25) is 0 Å². The minimum Gasteiger partial charge on any atom is -0.504 e. The second-order valence-electron chi connectivity index (χ2n) is 4.24. The number of rotatable bonds is 2. The van der Waals surface area contributed by atoms with Gasteiger partial charge in [-0.25, -0.2) is 0 Å². The Morgan fingerprint density at radius 2 is 1.88 bits per heavy atom. The van der Waals surface area contributed by atoms with E-state index in [1.54, 1.807) is 13.0 Å². The molecule has 1 aromatic carbocycles. The largest absolute Gasteiger partial charge is 0.504 e. The Hall–Kier alpha value is -1.97. The summed E-state index contributed by atoms with van der Waals surface area (Å²) in [4.78, 5) is 11.9. The Balaban J connectivity index is 2.16. The zero-order valence-corrected chi connectivity index (χ0v) is 9.60. The molecule has 4 nitrogen and oxygen atoms in total. The molecule has 17 heavy (non-hydrogen) atoms. The van der Waals surface area contributed by atoms with E-state index >= 15 is 0 Å². The van der Waals surface area contributed by atoms with Crippen LogP contribution in [0.1, 0.15) is 28.8 Å². The number of nitrogens with one attached hydrogen (secondary N) is 1. The van der Waals surface area contributed by atoms with Gasteiger partial charge in [-0.05, 0) is 31.4 Å². The van der Waals surface area contributed by atoms with Gasteiger partial charge in [0, 0.05) is 6.04 Å². The van der Waals surface area contributed by atoms with Crippen molar-refractivity contribution < 1.29 is 15.0 Å². The fraction of sp³-hybridized carbons (Fsp3) is 0.308. The molecule has 0 fully saturated rings. The van der Waals surface area contributed by atoms with E-state index in [4.69, 9.17) is 0 Å². The highest BCUT2D eigenvalue weighted by Gasteiger charge is 2.19. The summed E-state index contributed by atoms with van der Waals surface area (Å²) in [5, 5.41) is 22.1. The SMILES string of the molecule is Cc1ccc(C(=O)NC2CC=CC2)c(O)c1O. The maximum atomic E-state index is 11.9. The predicted octanol–water partition coefficient (Wildman–Crippen LogP) is 1.85. The maximum Gasteiger partial charge on any atom is 0.255 e. The van der Waals surface area contributed by atoms with Gasteiger partial charge in [-0.15, -0.1) is 0 Å². The Morgan fingerprint density at radius 3 is 2.53 bits per heavy atom. The fourth-order valence-electron chi connectivity index (χ4n) is 1.86. The molecular formula is C13H15NO3. The van der Waals surface area contributed by atoms with Crippen LogP contribution in [0.25, 0.3) is 0 Å². The highest BCUT2D eigenvalue weighted by molar-refractivity contribution is 5.98. The Kier molecular flexibility index (Phi) is 3.04. The summed E-state index contributed by atoms with van der Waals surface area (Å²) < 4.78 is 0. The smallest absolute Gasteiger partial charge is 0.255 e. The van der Waals surface area contributed by atoms with Gasteiger partial charge in [0.1, 0.15) is 0 Å². The summed E-state index contributed by atoms with van der Waals surface area (Å²) >= 11 is 0. The lowest BCUT2D eigenvalue weighted by atomic mass is 10.1. The molecule has 4 heteroatoms. The molecule has 0 heterocycles. The van der Waals surface area contributed by atoms with Crippen LogP contribution in [0.15, 0.2) is 24.3 Å². The van der Waals surface area contributed by atoms with Gasteiger partial charge in [-0.3, -0.25) is 4.79 Å². The predicted molar refractivity (Wildman–Crippen MR) is 64.1 cm³/mol. The molecule has 0 atom stereocenters. The zero-order valence-electron chi connectivity index (χ0n) is 9.60. The first-order valence-corrected chi connectivity index (χ1v) is 5.57. The molecule has 90 valence electrons. The van der Waals surface area contributed by atoms with Crippen LogP contribution in [0.2, 0.25) is 0 Å². The van der Waals surface area contributed by atoms with E-state index in [1.165, 1.54) is 6.07 Å². The lowest BCUT2D eigenvalue weighted by Crippen LogP contribution is -2.32. The molecule has 0 bridgehead atoms. The van der Waals surface area contributed by atoms with Crippen molar-refractivity contribution in [3.05, 3.63) is 35.4 Å². The van der Waals surface area contributed by atoms with Crippen LogP contribution >= 0.6 is 0 Å². The van der Waals surface area contributed by atoms with Crippen molar-refractivity contribution in [1.82, 2.24) is 5.32 Å². The first kappa shape index (κ1) is 11.5. The first-order chi connectivity index (χ1) is 8.09. The van der Waals surface area contributed by atoms with Crippen LogP contribution in [-0.2, 0) is 0 Å². The highest BCUT2D eigenvalue weighted by atomic mass is 16.3. The van der Waals surface area contributed by atoms with Crippen molar-refractivity contribution in [3.8, 4) is 11.5 Å². The molecule has 0 spiro atoms. The van der Waals surface area contributed by atoms with Crippen molar-refractivity contribution in [2.24, 2.45) is 0 Å². The molecule has 0 aliphatic heterocycles. The topological polar surface area (TPSA) is 69.6 Å². The number of hydrogen-bond donors (Lipinski definition) is 3. The Morgan fingerprint density at radius 1 is 1.24 bits per heavy atom. The molecule has 0 aromatic heterocycles. The van der Waals surface area contributed by atoms with E-state index in [2.05, 4.69) is 5.32 Å². The summed E-state index contributed by atoms with van der Waals surface area (Å²) in [5.41, 5.74) is 0.654. The van der Waals surface area contributed by atoms with E-state index in [0.717, 1.165) is 12.8 Å². The van der Waals surface area contributed by atoms with E-state index in [-0.39, 0.29) is 29.0 Å². The number of aromatic hydroxyl groups is 2. The number of carbonyl (C=O) groups excluding carboxylic acids is 1. The molecule has 0 saturated heterocycles. The zero-order chi connectivity index (χ0) is 12.4. The lowest BCUT2D eigenvalue weighted by Gasteiger charge is -2.13. The fourth-order valence-corrected chi connectivity index (χ4v) is 1.86. The molecule has 2 rings (SSSR count). The summed E-state index contributed by atoms with van der Waals surface area (Å²) in [5.74, 6) is -0.942. The number of phenols is 2.